The zero-order valence-electron chi connectivity index (χ0n) is 18.8. The number of aromatic nitrogens is 3. The second-order valence-corrected chi connectivity index (χ2v) is 8.96. The molecule has 1 aliphatic rings. The molecule has 35 heavy (non-hydrogen) atoms. The second kappa shape index (κ2) is 8.69. The number of hydrogen-bond donors (Lipinski definition) is 1. The third-order valence-corrected chi connectivity index (χ3v) is 6.51. The van der Waals surface area contributed by atoms with Crippen LogP contribution in [0.2, 0.25) is 10.0 Å². The average molecular weight is 506 g/mol. The van der Waals surface area contributed by atoms with Crippen LogP contribution in [0.15, 0.2) is 77.9 Å². The predicted octanol–water partition coefficient (Wildman–Crippen LogP) is 4.32. The molecular weight excluding hydrogens is 487 g/mol. The molecule has 0 bridgehead atoms. The van der Waals surface area contributed by atoms with Gasteiger partial charge in [0, 0.05) is 17.8 Å². The van der Waals surface area contributed by atoms with Gasteiger partial charge in [-0.2, -0.15) is 4.57 Å². The third-order valence-electron chi connectivity index (χ3n) is 5.78. The van der Waals surface area contributed by atoms with Gasteiger partial charge in [-0.1, -0.05) is 41.4 Å². The van der Waals surface area contributed by atoms with Crippen molar-refractivity contribution < 1.29 is 14.2 Å². The van der Waals surface area contributed by atoms with Gasteiger partial charge in [0.1, 0.15) is 5.57 Å². The van der Waals surface area contributed by atoms with Crippen LogP contribution in [-0.4, -0.2) is 21.6 Å². The molecule has 1 aliphatic heterocycles. The molecular formula is C26H19Cl2N4O3+. The first kappa shape index (κ1) is 22.8. The SMILES string of the molecule is Cc1cccc(N2C(=O)C(c3c(C)[nH]n(-c4ccc(Cl)c(Cl)c4)c3=O)=C([n+]3ccccc3)C2=O)c1. The lowest BCUT2D eigenvalue weighted by Crippen LogP contribution is -2.39. The molecule has 0 radical (unpaired) electrons. The number of anilines is 1. The monoisotopic (exact) mass is 505 g/mol. The number of pyridine rings is 1. The van der Waals surface area contributed by atoms with Crippen molar-refractivity contribution in [3.05, 3.63) is 110 Å². The van der Waals surface area contributed by atoms with Gasteiger partial charge in [0.15, 0.2) is 12.4 Å². The van der Waals surface area contributed by atoms with Crippen molar-refractivity contribution in [1.82, 2.24) is 9.78 Å². The number of hydrogen-bond acceptors (Lipinski definition) is 3. The molecule has 0 spiro atoms. The minimum Gasteiger partial charge on any atom is -0.295 e. The summed E-state index contributed by atoms with van der Waals surface area (Å²) >= 11 is 12.2. The zero-order chi connectivity index (χ0) is 24.9. The predicted molar refractivity (Wildman–Crippen MR) is 135 cm³/mol. The van der Waals surface area contributed by atoms with E-state index in [4.69, 9.17) is 23.2 Å². The van der Waals surface area contributed by atoms with E-state index in [1.807, 2.05) is 13.0 Å². The third kappa shape index (κ3) is 3.79. The van der Waals surface area contributed by atoms with E-state index in [1.54, 1.807) is 78.5 Å². The fourth-order valence-electron chi connectivity index (χ4n) is 4.18. The highest BCUT2D eigenvalue weighted by molar-refractivity contribution is 6.53. The summed E-state index contributed by atoms with van der Waals surface area (Å²) in [6, 6.07) is 17.2. The van der Waals surface area contributed by atoms with Crippen molar-refractivity contribution in [3.63, 3.8) is 0 Å². The Hall–Kier alpha value is -3.94. The molecule has 0 saturated heterocycles. The van der Waals surface area contributed by atoms with Gasteiger partial charge in [-0.3, -0.25) is 19.5 Å². The molecule has 0 aliphatic carbocycles. The quantitative estimate of drug-likeness (QED) is 0.331. The van der Waals surface area contributed by atoms with Crippen LogP contribution in [0.4, 0.5) is 5.69 Å². The molecule has 2 amide bonds. The molecule has 9 heteroatoms. The van der Waals surface area contributed by atoms with Crippen LogP contribution < -0.4 is 15.0 Å². The topological polar surface area (TPSA) is 79.1 Å². The number of H-pyrrole nitrogens is 1. The number of nitrogens with zero attached hydrogens (tertiary/aromatic N) is 3. The number of aromatic amines is 1. The Bertz CT molecular complexity index is 1600. The minimum absolute atomic E-state index is 0.0188. The summed E-state index contributed by atoms with van der Waals surface area (Å²) in [4.78, 5) is 42.2. The van der Waals surface area contributed by atoms with Crippen molar-refractivity contribution >= 4 is 52.0 Å². The number of rotatable bonds is 4. The lowest BCUT2D eigenvalue weighted by atomic mass is 10.1. The molecule has 0 unspecified atom stereocenters. The summed E-state index contributed by atoms with van der Waals surface area (Å²) in [6.45, 7) is 3.56. The normalized spacial score (nSPS) is 13.8. The molecule has 3 heterocycles. The molecule has 2 aromatic carbocycles. The Kier molecular flexibility index (Phi) is 5.67. The summed E-state index contributed by atoms with van der Waals surface area (Å²) in [7, 11) is 0. The van der Waals surface area contributed by atoms with Gasteiger partial charge in [-0.25, -0.2) is 9.58 Å². The minimum atomic E-state index is -0.576. The number of benzene rings is 2. The number of carbonyl (C=O) groups is 2. The first-order chi connectivity index (χ1) is 16.8. The second-order valence-electron chi connectivity index (χ2n) is 8.14. The van der Waals surface area contributed by atoms with Gasteiger partial charge in [-0.15, -0.1) is 0 Å². The van der Waals surface area contributed by atoms with E-state index in [0.29, 0.717) is 22.1 Å². The van der Waals surface area contributed by atoms with Gasteiger partial charge >= 0.3 is 5.91 Å². The Balaban J connectivity index is 1.75. The smallest absolute Gasteiger partial charge is 0.295 e. The highest BCUT2D eigenvalue weighted by Crippen LogP contribution is 2.33. The van der Waals surface area contributed by atoms with E-state index in [2.05, 4.69) is 5.10 Å². The summed E-state index contributed by atoms with van der Waals surface area (Å²) in [5, 5.41) is 3.63. The molecule has 7 nitrogen and oxygen atoms in total. The molecule has 4 aromatic rings. The van der Waals surface area contributed by atoms with Crippen molar-refractivity contribution in [2.45, 2.75) is 13.8 Å². The summed E-state index contributed by atoms with van der Waals surface area (Å²) in [5.74, 6) is -1.10. The molecule has 0 atom stereocenters. The summed E-state index contributed by atoms with van der Waals surface area (Å²) in [5.41, 5.74) is 1.93. The lowest BCUT2D eigenvalue weighted by Gasteiger charge is -2.14. The van der Waals surface area contributed by atoms with Crippen molar-refractivity contribution in [2.24, 2.45) is 0 Å². The van der Waals surface area contributed by atoms with Crippen LogP contribution >= 0.6 is 23.2 Å². The maximum Gasteiger partial charge on any atom is 0.331 e. The zero-order valence-corrected chi connectivity index (χ0v) is 20.3. The Morgan fingerprint density at radius 2 is 1.54 bits per heavy atom. The average Bonchev–Trinajstić information content (AvgIpc) is 3.27. The number of halogens is 2. The highest BCUT2D eigenvalue weighted by Gasteiger charge is 2.47. The molecule has 0 fully saturated rings. The number of amides is 2. The van der Waals surface area contributed by atoms with Gasteiger partial charge in [0.05, 0.1) is 27.0 Å². The molecule has 0 saturated carbocycles. The largest absolute Gasteiger partial charge is 0.331 e. The molecule has 2 aromatic heterocycles. The van der Waals surface area contributed by atoms with Crippen LogP contribution in [0.3, 0.4) is 0 Å². The van der Waals surface area contributed by atoms with Crippen molar-refractivity contribution in [1.29, 1.82) is 0 Å². The lowest BCUT2D eigenvalue weighted by molar-refractivity contribution is -0.576. The fraction of sp³-hybridized carbons (Fsp3) is 0.0769. The van der Waals surface area contributed by atoms with Crippen LogP contribution in [0.25, 0.3) is 17.0 Å². The summed E-state index contributed by atoms with van der Waals surface area (Å²) in [6.07, 6.45) is 3.33. The Morgan fingerprint density at radius 1 is 0.800 bits per heavy atom. The molecule has 5 rings (SSSR count). The van der Waals surface area contributed by atoms with Gasteiger partial charge < -0.3 is 0 Å². The van der Waals surface area contributed by atoms with Crippen LogP contribution in [0.5, 0.6) is 0 Å². The van der Waals surface area contributed by atoms with Gasteiger partial charge in [0.2, 0.25) is 0 Å². The maximum absolute atomic E-state index is 13.8. The van der Waals surface area contributed by atoms with E-state index < -0.39 is 17.4 Å². The first-order valence-electron chi connectivity index (χ1n) is 10.7. The number of aryl methyl sites for hydroxylation is 2. The number of carbonyl (C=O) groups excluding carboxylic acids is 2. The van der Waals surface area contributed by atoms with E-state index >= 15 is 0 Å². The maximum atomic E-state index is 13.8. The van der Waals surface area contributed by atoms with Crippen LogP contribution in [0.1, 0.15) is 16.8 Å². The van der Waals surface area contributed by atoms with Crippen molar-refractivity contribution in [2.75, 3.05) is 4.90 Å². The Labute approximate surface area is 210 Å². The van der Waals surface area contributed by atoms with E-state index in [9.17, 15) is 14.4 Å². The molecule has 174 valence electrons. The van der Waals surface area contributed by atoms with Crippen LogP contribution in [-0.2, 0) is 9.59 Å². The van der Waals surface area contributed by atoms with Crippen LogP contribution in [0, 0.1) is 13.8 Å². The highest BCUT2D eigenvalue weighted by atomic mass is 35.5. The summed E-state index contributed by atoms with van der Waals surface area (Å²) < 4.78 is 2.83. The Morgan fingerprint density at radius 3 is 2.23 bits per heavy atom. The van der Waals surface area contributed by atoms with Crippen molar-refractivity contribution in [3.8, 4) is 5.69 Å². The van der Waals surface area contributed by atoms with Gasteiger partial charge in [-0.05, 0) is 49.7 Å². The van der Waals surface area contributed by atoms with E-state index in [0.717, 1.165) is 10.5 Å². The standard InChI is InChI=1S/C26H18Cl2N4O3/c1-15-7-6-8-17(13-15)31-24(33)22(23(26(31)35)30-11-4-3-5-12-30)21-16(2)29-32(25(21)34)18-9-10-19(27)20(28)14-18/h3-14H,1-2H3/p+1. The first-order valence-corrected chi connectivity index (χ1v) is 11.5. The number of imide groups is 1. The molecule has 1 N–H and O–H groups in total. The van der Waals surface area contributed by atoms with E-state index in [1.165, 1.54) is 4.68 Å². The fourth-order valence-corrected chi connectivity index (χ4v) is 4.47. The number of nitrogens with one attached hydrogen (secondary N) is 1. The van der Waals surface area contributed by atoms with E-state index in [-0.39, 0.29) is 21.9 Å². The van der Waals surface area contributed by atoms with Gasteiger partial charge in [0.25, 0.3) is 17.2 Å².